The van der Waals surface area contributed by atoms with E-state index in [1.165, 1.54) is 0 Å². The summed E-state index contributed by atoms with van der Waals surface area (Å²) in [5, 5.41) is 2.58. The van der Waals surface area contributed by atoms with Crippen molar-refractivity contribution in [3.05, 3.63) is 0 Å². The van der Waals surface area contributed by atoms with Crippen molar-refractivity contribution in [2.75, 3.05) is 33.3 Å². The van der Waals surface area contributed by atoms with Gasteiger partial charge in [-0.1, -0.05) is 0 Å². The molecule has 0 aromatic rings. The van der Waals surface area contributed by atoms with Crippen LogP contribution in [0.15, 0.2) is 0 Å². The number of nitrogens with one attached hydrogen (secondary N) is 1. The zero-order valence-electron chi connectivity index (χ0n) is 13.7. The number of hydrogen-bond donors (Lipinski definition) is 1. The van der Waals surface area contributed by atoms with Gasteiger partial charge in [0.1, 0.15) is 12.6 Å². The Balaban J connectivity index is 1.73. The third-order valence-corrected chi connectivity index (χ3v) is 5.33. The summed E-state index contributed by atoms with van der Waals surface area (Å²) in [7, 11) is 1.57. The molecule has 1 N–H and O–H groups in total. The van der Waals surface area contributed by atoms with E-state index in [4.69, 9.17) is 4.74 Å². The van der Waals surface area contributed by atoms with Crippen molar-refractivity contribution in [3.8, 4) is 0 Å². The van der Waals surface area contributed by atoms with Crippen LogP contribution in [0.2, 0.25) is 0 Å². The van der Waals surface area contributed by atoms with Gasteiger partial charge in [-0.3, -0.25) is 14.4 Å². The van der Waals surface area contributed by atoms with Gasteiger partial charge in [0.05, 0.1) is 5.54 Å². The minimum absolute atomic E-state index is 0.0139. The molecule has 0 bridgehead atoms. The van der Waals surface area contributed by atoms with Crippen LogP contribution in [0.3, 0.4) is 0 Å². The lowest BCUT2D eigenvalue weighted by Crippen LogP contribution is -2.60. The van der Waals surface area contributed by atoms with E-state index in [0.717, 1.165) is 32.1 Å². The van der Waals surface area contributed by atoms with Gasteiger partial charge in [-0.2, -0.15) is 0 Å². The molecule has 2 atom stereocenters. The maximum absolute atomic E-state index is 12.6. The zero-order chi connectivity index (χ0) is 16.4. The van der Waals surface area contributed by atoms with Gasteiger partial charge in [-0.05, 0) is 32.1 Å². The average molecular weight is 323 g/mol. The number of carbonyl (C=O) groups is 3. The molecular formula is C16H25N3O4. The Morgan fingerprint density at radius 3 is 2.87 bits per heavy atom. The van der Waals surface area contributed by atoms with Crippen molar-refractivity contribution in [1.29, 1.82) is 0 Å². The number of likely N-dealkylation sites (N-methyl/N-ethyl adjacent to an activating group) is 1. The molecule has 3 heterocycles. The largest absolute Gasteiger partial charge is 0.368 e. The van der Waals surface area contributed by atoms with Gasteiger partial charge in [-0.15, -0.1) is 0 Å². The van der Waals surface area contributed by atoms with Crippen LogP contribution in [0.5, 0.6) is 0 Å². The molecule has 0 aromatic carbocycles. The Hall–Kier alpha value is -1.63. The monoisotopic (exact) mass is 323 g/mol. The van der Waals surface area contributed by atoms with E-state index < -0.39 is 0 Å². The van der Waals surface area contributed by atoms with E-state index in [0.29, 0.717) is 26.1 Å². The number of ether oxygens (including phenoxy) is 1. The number of nitrogens with zero attached hydrogens (tertiary/aromatic N) is 2. The van der Waals surface area contributed by atoms with Gasteiger partial charge in [0.25, 0.3) is 5.91 Å². The molecular weight excluding hydrogens is 298 g/mol. The van der Waals surface area contributed by atoms with Crippen LogP contribution in [0.1, 0.15) is 38.5 Å². The van der Waals surface area contributed by atoms with Gasteiger partial charge in [0, 0.05) is 33.2 Å². The van der Waals surface area contributed by atoms with Crippen LogP contribution in [0.4, 0.5) is 0 Å². The molecule has 3 aliphatic rings. The molecule has 0 saturated carbocycles. The first-order valence-corrected chi connectivity index (χ1v) is 8.47. The van der Waals surface area contributed by atoms with Gasteiger partial charge in [0.2, 0.25) is 11.8 Å². The summed E-state index contributed by atoms with van der Waals surface area (Å²) in [5.41, 5.74) is -0.379. The summed E-state index contributed by atoms with van der Waals surface area (Å²) >= 11 is 0. The fourth-order valence-electron chi connectivity index (χ4n) is 4.05. The molecule has 7 heteroatoms. The normalized spacial score (nSPS) is 31.0. The summed E-state index contributed by atoms with van der Waals surface area (Å²) in [4.78, 5) is 40.2. The summed E-state index contributed by atoms with van der Waals surface area (Å²) in [6.45, 7) is 1.96. The highest BCUT2D eigenvalue weighted by molar-refractivity contribution is 5.87. The number of rotatable bonds is 3. The van der Waals surface area contributed by atoms with E-state index in [9.17, 15) is 14.4 Å². The first-order chi connectivity index (χ1) is 11.1. The van der Waals surface area contributed by atoms with Gasteiger partial charge in [0.15, 0.2) is 0 Å². The number of likely N-dealkylation sites (tertiary alicyclic amines) is 2. The second kappa shape index (κ2) is 6.47. The lowest BCUT2D eigenvalue weighted by molar-refractivity contribution is -0.148. The molecule has 0 aliphatic carbocycles. The second-order valence-corrected chi connectivity index (χ2v) is 6.74. The summed E-state index contributed by atoms with van der Waals surface area (Å²) < 4.78 is 5.51. The number of hydrogen-bond acceptors (Lipinski definition) is 4. The molecule has 0 radical (unpaired) electrons. The maximum Gasteiger partial charge on any atom is 0.251 e. The van der Waals surface area contributed by atoms with E-state index in [1.54, 1.807) is 11.9 Å². The summed E-state index contributed by atoms with van der Waals surface area (Å²) in [6.07, 6.45) is 4.27. The number of amides is 3. The minimum Gasteiger partial charge on any atom is -0.368 e. The molecule has 0 aromatic heterocycles. The summed E-state index contributed by atoms with van der Waals surface area (Å²) in [5.74, 6) is -0.108. The molecule has 128 valence electrons. The lowest BCUT2D eigenvalue weighted by atomic mass is 9.86. The van der Waals surface area contributed by atoms with Crippen LogP contribution >= 0.6 is 0 Å². The third-order valence-electron chi connectivity index (χ3n) is 5.33. The molecule has 7 nitrogen and oxygen atoms in total. The maximum atomic E-state index is 12.6. The smallest absolute Gasteiger partial charge is 0.251 e. The van der Waals surface area contributed by atoms with E-state index >= 15 is 0 Å². The predicted octanol–water partition coefficient (Wildman–Crippen LogP) is -0.105. The molecule has 3 saturated heterocycles. The fraction of sp³-hybridized carbons (Fsp3) is 0.812. The highest BCUT2D eigenvalue weighted by atomic mass is 16.5. The predicted molar refractivity (Wildman–Crippen MR) is 82.5 cm³/mol. The standard InChI is InChI=1S/C16H25N3O4/c1-17-13(20)10-19-14(21)5-7-16(19)6-3-8-18(11-16)15(22)12-4-2-9-23-12/h12H,2-11H2,1H3,(H,17,20). The third kappa shape index (κ3) is 3.06. The highest BCUT2D eigenvalue weighted by Gasteiger charge is 2.49. The quantitative estimate of drug-likeness (QED) is 0.786. The molecule has 23 heavy (non-hydrogen) atoms. The molecule has 3 aliphatic heterocycles. The van der Waals surface area contributed by atoms with Crippen molar-refractivity contribution in [1.82, 2.24) is 15.1 Å². The first kappa shape index (κ1) is 16.2. The second-order valence-electron chi connectivity index (χ2n) is 6.74. The number of carbonyl (C=O) groups excluding carboxylic acids is 3. The molecule has 3 rings (SSSR count). The zero-order valence-corrected chi connectivity index (χ0v) is 13.7. The molecule has 1 spiro atoms. The number of piperidine rings is 1. The Kier molecular flexibility index (Phi) is 4.57. The highest BCUT2D eigenvalue weighted by Crippen LogP contribution is 2.38. The van der Waals surface area contributed by atoms with Gasteiger partial charge in [-0.25, -0.2) is 0 Å². The van der Waals surface area contributed by atoms with Gasteiger partial charge < -0.3 is 19.9 Å². The van der Waals surface area contributed by atoms with Crippen LogP contribution in [0.25, 0.3) is 0 Å². The fourth-order valence-corrected chi connectivity index (χ4v) is 4.05. The Bertz CT molecular complexity index is 504. The molecule has 3 fully saturated rings. The average Bonchev–Trinajstić information content (AvgIpc) is 3.19. The van der Waals surface area contributed by atoms with Crippen molar-refractivity contribution in [2.45, 2.75) is 50.2 Å². The van der Waals surface area contributed by atoms with Crippen molar-refractivity contribution in [3.63, 3.8) is 0 Å². The van der Waals surface area contributed by atoms with Crippen molar-refractivity contribution < 1.29 is 19.1 Å². The van der Waals surface area contributed by atoms with Crippen LogP contribution in [0, 0.1) is 0 Å². The first-order valence-electron chi connectivity index (χ1n) is 8.47. The molecule has 3 amide bonds. The topological polar surface area (TPSA) is 79.0 Å². The Morgan fingerprint density at radius 1 is 1.35 bits per heavy atom. The van der Waals surface area contributed by atoms with Crippen molar-refractivity contribution >= 4 is 17.7 Å². The molecule has 2 unspecified atom stereocenters. The van der Waals surface area contributed by atoms with Gasteiger partial charge >= 0.3 is 0 Å². The Labute approximate surface area is 136 Å². The van der Waals surface area contributed by atoms with E-state index in [2.05, 4.69) is 5.32 Å². The summed E-state index contributed by atoms with van der Waals surface area (Å²) in [6, 6.07) is 0. The Morgan fingerprint density at radius 2 is 2.17 bits per heavy atom. The minimum atomic E-state index is -0.379. The van der Waals surface area contributed by atoms with E-state index in [-0.39, 0.29) is 35.9 Å². The van der Waals surface area contributed by atoms with Crippen LogP contribution < -0.4 is 5.32 Å². The van der Waals surface area contributed by atoms with E-state index in [1.807, 2.05) is 4.90 Å². The van der Waals surface area contributed by atoms with Crippen molar-refractivity contribution in [2.24, 2.45) is 0 Å². The van der Waals surface area contributed by atoms with Crippen LogP contribution in [-0.2, 0) is 19.1 Å². The van der Waals surface area contributed by atoms with Crippen LogP contribution in [-0.4, -0.2) is 72.5 Å². The lowest BCUT2D eigenvalue weighted by Gasteiger charge is -2.46. The SMILES string of the molecule is CNC(=O)CN1C(=O)CCC12CCCN(C(=O)C1CCCO1)C2.